The quantitative estimate of drug-likeness (QED) is 0.857. The fourth-order valence-corrected chi connectivity index (χ4v) is 2.70. The van der Waals surface area contributed by atoms with Gasteiger partial charge in [-0.15, -0.1) is 6.42 Å². The number of carbonyl (C=O) groups excluding carboxylic acids is 1. The number of anilines is 1. The number of hydrogen-bond donors (Lipinski definition) is 1. The Morgan fingerprint density at radius 1 is 1.45 bits per heavy atom. The molecule has 1 aliphatic heterocycles. The van der Waals surface area contributed by atoms with E-state index in [2.05, 4.69) is 29.1 Å². The molecule has 1 aromatic rings. The van der Waals surface area contributed by atoms with Crippen molar-refractivity contribution in [2.24, 2.45) is 0 Å². The van der Waals surface area contributed by atoms with Crippen molar-refractivity contribution >= 4 is 11.6 Å². The maximum Gasteiger partial charge on any atom is 0.241 e. The number of carbonyl (C=O) groups is 1. The van der Waals surface area contributed by atoms with Crippen LogP contribution in [0.15, 0.2) is 18.2 Å². The summed E-state index contributed by atoms with van der Waals surface area (Å²) in [6.07, 6.45) is 8.49. The van der Waals surface area contributed by atoms with Crippen molar-refractivity contribution in [2.45, 2.75) is 39.2 Å². The first-order valence-corrected chi connectivity index (χ1v) is 7.18. The molecule has 0 spiro atoms. The number of benzene rings is 1. The lowest BCUT2D eigenvalue weighted by Gasteiger charge is -2.33. The Morgan fingerprint density at radius 3 is 3.00 bits per heavy atom. The fourth-order valence-electron chi connectivity index (χ4n) is 2.70. The molecular formula is C17H22N2O. The van der Waals surface area contributed by atoms with Crippen LogP contribution in [0.4, 0.5) is 5.69 Å². The minimum absolute atomic E-state index is 0.0636. The van der Waals surface area contributed by atoms with E-state index in [0.717, 1.165) is 37.1 Å². The number of terminal acetylenes is 1. The first kappa shape index (κ1) is 14.6. The molecule has 0 aromatic heterocycles. The van der Waals surface area contributed by atoms with Gasteiger partial charge in [-0.2, -0.15) is 0 Å². The van der Waals surface area contributed by atoms with E-state index in [1.54, 1.807) is 0 Å². The molecule has 1 fully saturated rings. The van der Waals surface area contributed by atoms with Gasteiger partial charge in [-0.05, 0) is 50.4 Å². The first-order valence-electron chi connectivity index (χ1n) is 7.18. The molecule has 0 aliphatic carbocycles. The molecule has 1 heterocycles. The molecule has 106 valence electrons. The van der Waals surface area contributed by atoms with E-state index in [1.165, 1.54) is 5.56 Å². The Morgan fingerprint density at radius 2 is 2.25 bits per heavy atom. The van der Waals surface area contributed by atoms with Gasteiger partial charge in [-0.3, -0.25) is 9.69 Å². The zero-order valence-corrected chi connectivity index (χ0v) is 12.3. The summed E-state index contributed by atoms with van der Waals surface area (Å²) in [7, 11) is 0. The fraction of sp³-hybridized carbons (Fsp3) is 0.471. The maximum absolute atomic E-state index is 12.5. The Balaban J connectivity index is 2.10. The lowest BCUT2D eigenvalue weighted by molar-refractivity contribution is -0.122. The Kier molecular flexibility index (Phi) is 4.81. The van der Waals surface area contributed by atoms with Crippen LogP contribution in [0, 0.1) is 26.2 Å². The molecule has 1 N–H and O–H groups in total. The molecule has 1 amide bonds. The minimum atomic E-state index is -0.0975. The second-order valence-corrected chi connectivity index (χ2v) is 5.42. The van der Waals surface area contributed by atoms with Crippen molar-refractivity contribution in [1.29, 1.82) is 0 Å². The number of nitrogens with zero attached hydrogens (tertiary/aromatic N) is 1. The SMILES string of the molecule is C#CCN1CCCC[C@@H]1C(=O)Nc1cccc(C)c1C. The summed E-state index contributed by atoms with van der Waals surface area (Å²) < 4.78 is 0. The van der Waals surface area contributed by atoms with Crippen LogP contribution in [-0.2, 0) is 4.79 Å². The summed E-state index contributed by atoms with van der Waals surface area (Å²) in [5, 5.41) is 3.06. The van der Waals surface area contributed by atoms with Gasteiger partial charge >= 0.3 is 0 Å². The predicted octanol–water partition coefficient (Wildman–Crippen LogP) is 2.73. The van der Waals surface area contributed by atoms with E-state index < -0.39 is 0 Å². The Hall–Kier alpha value is -1.79. The number of likely N-dealkylation sites (tertiary alicyclic amines) is 1. The van der Waals surface area contributed by atoms with E-state index >= 15 is 0 Å². The molecule has 1 saturated heterocycles. The molecule has 2 rings (SSSR count). The summed E-state index contributed by atoms with van der Waals surface area (Å²) in [6, 6.07) is 5.88. The number of hydrogen-bond acceptors (Lipinski definition) is 2. The molecule has 1 atom stereocenters. The third kappa shape index (κ3) is 3.20. The largest absolute Gasteiger partial charge is 0.324 e. The number of piperidine rings is 1. The highest BCUT2D eigenvalue weighted by Gasteiger charge is 2.28. The van der Waals surface area contributed by atoms with Crippen LogP contribution < -0.4 is 5.32 Å². The van der Waals surface area contributed by atoms with E-state index in [-0.39, 0.29) is 11.9 Å². The van der Waals surface area contributed by atoms with Crippen molar-refractivity contribution in [3.8, 4) is 12.3 Å². The molecule has 1 aromatic carbocycles. The van der Waals surface area contributed by atoms with Gasteiger partial charge in [0.25, 0.3) is 0 Å². The van der Waals surface area contributed by atoms with Gasteiger partial charge in [0.1, 0.15) is 0 Å². The topological polar surface area (TPSA) is 32.3 Å². The predicted molar refractivity (Wildman–Crippen MR) is 82.6 cm³/mol. The van der Waals surface area contributed by atoms with Gasteiger partial charge in [-0.1, -0.05) is 24.5 Å². The molecular weight excluding hydrogens is 248 g/mol. The highest BCUT2D eigenvalue weighted by molar-refractivity contribution is 5.95. The van der Waals surface area contributed by atoms with E-state index in [9.17, 15) is 4.79 Å². The van der Waals surface area contributed by atoms with E-state index in [1.807, 2.05) is 19.1 Å². The Labute approximate surface area is 121 Å². The molecule has 0 saturated carbocycles. The number of aryl methyl sites for hydroxylation is 1. The normalized spacial score (nSPS) is 19.4. The van der Waals surface area contributed by atoms with Crippen molar-refractivity contribution in [3.63, 3.8) is 0 Å². The van der Waals surface area contributed by atoms with Crippen LogP contribution in [0.2, 0.25) is 0 Å². The van der Waals surface area contributed by atoms with Crippen LogP contribution in [0.1, 0.15) is 30.4 Å². The van der Waals surface area contributed by atoms with Gasteiger partial charge in [0.15, 0.2) is 0 Å². The molecule has 0 unspecified atom stereocenters. The first-order chi connectivity index (χ1) is 9.63. The molecule has 1 aliphatic rings. The second-order valence-electron chi connectivity index (χ2n) is 5.42. The zero-order chi connectivity index (χ0) is 14.5. The van der Waals surface area contributed by atoms with Crippen molar-refractivity contribution < 1.29 is 4.79 Å². The third-order valence-corrected chi connectivity index (χ3v) is 4.07. The molecule has 20 heavy (non-hydrogen) atoms. The summed E-state index contributed by atoms with van der Waals surface area (Å²) in [5.74, 6) is 2.72. The van der Waals surface area contributed by atoms with Crippen LogP contribution in [0.3, 0.4) is 0 Å². The minimum Gasteiger partial charge on any atom is -0.324 e. The van der Waals surface area contributed by atoms with Crippen molar-refractivity contribution in [3.05, 3.63) is 29.3 Å². The van der Waals surface area contributed by atoms with Crippen LogP contribution in [0.5, 0.6) is 0 Å². The average molecular weight is 270 g/mol. The summed E-state index contributed by atoms with van der Waals surface area (Å²) in [6.45, 7) is 5.54. The van der Waals surface area contributed by atoms with Crippen LogP contribution >= 0.6 is 0 Å². The lowest BCUT2D eigenvalue weighted by Crippen LogP contribution is -2.47. The van der Waals surface area contributed by atoms with E-state index in [0.29, 0.717) is 6.54 Å². The summed E-state index contributed by atoms with van der Waals surface area (Å²) in [4.78, 5) is 14.6. The van der Waals surface area contributed by atoms with Gasteiger partial charge in [0, 0.05) is 5.69 Å². The highest BCUT2D eigenvalue weighted by Crippen LogP contribution is 2.21. The number of amides is 1. The number of nitrogens with one attached hydrogen (secondary N) is 1. The van der Waals surface area contributed by atoms with Gasteiger partial charge in [0.2, 0.25) is 5.91 Å². The average Bonchev–Trinajstić information content (AvgIpc) is 2.45. The van der Waals surface area contributed by atoms with E-state index in [4.69, 9.17) is 6.42 Å². The second kappa shape index (κ2) is 6.58. The molecule has 0 radical (unpaired) electrons. The van der Waals surface area contributed by atoms with Gasteiger partial charge in [-0.25, -0.2) is 0 Å². The highest BCUT2D eigenvalue weighted by atomic mass is 16.2. The third-order valence-electron chi connectivity index (χ3n) is 4.07. The monoisotopic (exact) mass is 270 g/mol. The Bertz CT molecular complexity index is 530. The summed E-state index contributed by atoms with van der Waals surface area (Å²) in [5.41, 5.74) is 3.22. The van der Waals surface area contributed by atoms with Gasteiger partial charge < -0.3 is 5.32 Å². The van der Waals surface area contributed by atoms with Crippen molar-refractivity contribution in [2.75, 3.05) is 18.4 Å². The standard InChI is InChI=1S/C17H22N2O/c1-4-11-19-12-6-5-10-16(19)17(20)18-15-9-7-8-13(2)14(15)3/h1,7-9,16H,5-6,10-12H2,2-3H3,(H,18,20)/t16-/m1/s1. The van der Waals surface area contributed by atoms with Crippen molar-refractivity contribution in [1.82, 2.24) is 4.90 Å². The summed E-state index contributed by atoms with van der Waals surface area (Å²) >= 11 is 0. The van der Waals surface area contributed by atoms with Crippen LogP contribution in [-0.4, -0.2) is 29.9 Å². The molecule has 0 bridgehead atoms. The maximum atomic E-state index is 12.5. The van der Waals surface area contributed by atoms with Gasteiger partial charge in [0.05, 0.1) is 12.6 Å². The zero-order valence-electron chi connectivity index (χ0n) is 12.3. The molecule has 3 nitrogen and oxygen atoms in total. The molecule has 3 heteroatoms. The van der Waals surface area contributed by atoms with Crippen LogP contribution in [0.25, 0.3) is 0 Å². The number of rotatable bonds is 3. The smallest absolute Gasteiger partial charge is 0.241 e. The lowest BCUT2D eigenvalue weighted by atomic mass is 10.0.